The van der Waals surface area contributed by atoms with Gasteiger partial charge in [0, 0.05) is 63.4 Å². The van der Waals surface area contributed by atoms with Crippen molar-refractivity contribution in [1.82, 2.24) is 9.88 Å². The highest BCUT2D eigenvalue weighted by atomic mass is 16.5. The van der Waals surface area contributed by atoms with Gasteiger partial charge in [-0.15, -0.1) is 0 Å². The van der Waals surface area contributed by atoms with Crippen LogP contribution in [0.2, 0.25) is 0 Å². The lowest BCUT2D eigenvalue weighted by atomic mass is 10.0. The number of para-hydroxylation sites is 1. The van der Waals surface area contributed by atoms with Crippen LogP contribution in [0.1, 0.15) is 19.3 Å². The smallest absolute Gasteiger partial charge is 0.140 e. The molecular formula is C23H30N4O. The van der Waals surface area contributed by atoms with Gasteiger partial charge in [-0.05, 0) is 31.5 Å². The van der Waals surface area contributed by atoms with E-state index in [0.717, 1.165) is 50.7 Å². The van der Waals surface area contributed by atoms with E-state index in [2.05, 4.69) is 63.1 Å². The molecule has 3 aliphatic heterocycles. The van der Waals surface area contributed by atoms with Gasteiger partial charge < -0.3 is 19.4 Å². The molecule has 2 bridgehead atoms. The molecule has 2 aromatic rings. The van der Waals surface area contributed by atoms with Crippen molar-refractivity contribution in [2.24, 2.45) is 5.92 Å². The molecule has 0 spiro atoms. The lowest BCUT2D eigenvalue weighted by molar-refractivity contribution is 0.170. The van der Waals surface area contributed by atoms with Gasteiger partial charge in [0.15, 0.2) is 0 Å². The molecule has 1 aromatic heterocycles. The zero-order chi connectivity index (χ0) is 18.9. The summed E-state index contributed by atoms with van der Waals surface area (Å²) in [5.41, 5.74) is 2.54. The molecule has 5 nitrogen and oxygen atoms in total. The number of likely N-dealkylation sites (N-methyl/N-ethyl adjacent to an activating group) is 1. The lowest BCUT2D eigenvalue weighted by Gasteiger charge is -2.34. The van der Waals surface area contributed by atoms with Gasteiger partial charge in [-0.1, -0.05) is 18.2 Å². The number of piperidine rings is 2. The molecule has 1 aromatic carbocycles. The minimum atomic E-state index is 0.279. The number of aromatic nitrogens is 1. The Hall–Kier alpha value is -2.27. The highest BCUT2D eigenvalue weighted by Crippen LogP contribution is 2.34. The molecule has 0 aliphatic carbocycles. The van der Waals surface area contributed by atoms with Crippen molar-refractivity contribution < 1.29 is 4.74 Å². The zero-order valence-corrected chi connectivity index (χ0v) is 16.7. The monoisotopic (exact) mass is 378 g/mol. The summed E-state index contributed by atoms with van der Waals surface area (Å²) in [4.78, 5) is 12.0. The highest BCUT2D eigenvalue weighted by Gasteiger charge is 2.37. The average Bonchev–Trinajstić information content (AvgIpc) is 3.03. The predicted molar refractivity (Wildman–Crippen MR) is 113 cm³/mol. The third-order valence-electron chi connectivity index (χ3n) is 6.49. The van der Waals surface area contributed by atoms with Gasteiger partial charge in [-0.25, -0.2) is 0 Å². The lowest BCUT2D eigenvalue weighted by Crippen LogP contribution is -2.40. The number of likely N-dealkylation sites (tertiary alicyclic amines) is 1. The minimum absolute atomic E-state index is 0.279. The number of pyridine rings is 1. The van der Waals surface area contributed by atoms with Crippen LogP contribution in [0.4, 0.5) is 11.4 Å². The van der Waals surface area contributed by atoms with E-state index in [0.29, 0.717) is 6.04 Å². The molecule has 3 aliphatic rings. The number of hydrogen-bond acceptors (Lipinski definition) is 5. The third kappa shape index (κ3) is 3.68. The fraction of sp³-hybridized carbons (Fsp3) is 0.522. The van der Waals surface area contributed by atoms with Gasteiger partial charge in [-0.3, -0.25) is 4.98 Å². The first-order valence-electron chi connectivity index (χ1n) is 10.6. The van der Waals surface area contributed by atoms with Gasteiger partial charge in [0.2, 0.25) is 0 Å². The van der Waals surface area contributed by atoms with E-state index in [-0.39, 0.29) is 6.10 Å². The second kappa shape index (κ2) is 7.63. The SMILES string of the molecule is CN1CC2CC(C1)N(c1cncc(OC3CCN(c4ccccc4)CC3)c1)C2. The van der Waals surface area contributed by atoms with Gasteiger partial charge in [0.05, 0.1) is 18.1 Å². The molecule has 5 heteroatoms. The van der Waals surface area contributed by atoms with Crippen LogP contribution in [0.15, 0.2) is 48.8 Å². The molecule has 2 unspecified atom stereocenters. The summed E-state index contributed by atoms with van der Waals surface area (Å²) >= 11 is 0. The van der Waals surface area contributed by atoms with Crippen molar-refractivity contribution in [2.45, 2.75) is 31.4 Å². The quantitative estimate of drug-likeness (QED) is 0.815. The molecule has 148 valence electrons. The molecule has 3 fully saturated rings. The first kappa shape index (κ1) is 17.8. The maximum Gasteiger partial charge on any atom is 0.140 e. The van der Waals surface area contributed by atoms with Gasteiger partial charge in [0.25, 0.3) is 0 Å². The highest BCUT2D eigenvalue weighted by molar-refractivity contribution is 5.51. The van der Waals surface area contributed by atoms with Crippen molar-refractivity contribution in [3.8, 4) is 5.75 Å². The fourth-order valence-electron chi connectivity index (χ4n) is 5.20. The Bertz CT molecular complexity index is 790. The summed E-state index contributed by atoms with van der Waals surface area (Å²) in [5.74, 6) is 1.71. The van der Waals surface area contributed by atoms with Crippen LogP contribution in [0.3, 0.4) is 0 Å². The number of nitrogens with zero attached hydrogens (tertiary/aromatic N) is 4. The molecule has 0 amide bonds. The number of fused-ring (bicyclic) bond motifs is 2. The van der Waals surface area contributed by atoms with Crippen molar-refractivity contribution >= 4 is 11.4 Å². The van der Waals surface area contributed by atoms with Crippen molar-refractivity contribution in [1.29, 1.82) is 0 Å². The van der Waals surface area contributed by atoms with Crippen molar-refractivity contribution in [3.05, 3.63) is 48.8 Å². The maximum atomic E-state index is 6.35. The zero-order valence-electron chi connectivity index (χ0n) is 16.7. The summed E-state index contributed by atoms with van der Waals surface area (Å²) in [5, 5.41) is 0. The van der Waals surface area contributed by atoms with Crippen LogP contribution < -0.4 is 14.5 Å². The number of ether oxygens (including phenoxy) is 1. The van der Waals surface area contributed by atoms with Gasteiger partial charge in [-0.2, -0.15) is 0 Å². The normalized spacial score (nSPS) is 25.9. The van der Waals surface area contributed by atoms with E-state index >= 15 is 0 Å². The number of rotatable bonds is 4. The van der Waals surface area contributed by atoms with Crippen molar-refractivity contribution in [3.63, 3.8) is 0 Å². The Kier molecular flexibility index (Phi) is 4.85. The summed E-state index contributed by atoms with van der Waals surface area (Å²) in [6, 6.07) is 13.5. The van der Waals surface area contributed by atoms with E-state index in [9.17, 15) is 0 Å². The Morgan fingerprint density at radius 3 is 2.61 bits per heavy atom. The van der Waals surface area contributed by atoms with Crippen LogP contribution in [0, 0.1) is 5.92 Å². The van der Waals surface area contributed by atoms with Gasteiger partial charge in [0.1, 0.15) is 11.9 Å². The van der Waals surface area contributed by atoms with E-state index in [1.807, 2.05) is 12.4 Å². The number of hydrogen-bond donors (Lipinski definition) is 0. The first-order valence-corrected chi connectivity index (χ1v) is 10.6. The molecule has 4 heterocycles. The largest absolute Gasteiger partial charge is 0.489 e. The molecular weight excluding hydrogens is 348 g/mol. The Balaban J connectivity index is 1.21. The maximum absolute atomic E-state index is 6.35. The second-order valence-electron chi connectivity index (χ2n) is 8.65. The molecule has 5 rings (SSSR count). The van der Waals surface area contributed by atoms with Crippen LogP contribution in [-0.4, -0.2) is 61.8 Å². The van der Waals surface area contributed by atoms with Crippen LogP contribution >= 0.6 is 0 Å². The van der Waals surface area contributed by atoms with E-state index in [1.54, 1.807) is 0 Å². The molecule has 28 heavy (non-hydrogen) atoms. The fourth-order valence-corrected chi connectivity index (χ4v) is 5.20. The van der Waals surface area contributed by atoms with Crippen LogP contribution in [0.25, 0.3) is 0 Å². The Morgan fingerprint density at radius 1 is 0.964 bits per heavy atom. The first-order chi connectivity index (χ1) is 13.7. The second-order valence-corrected chi connectivity index (χ2v) is 8.65. The summed E-state index contributed by atoms with van der Waals surface area (Å²) in [6.45, 7) is 5.61. The average molecular weight is 379 g/mol. The molecule has 2 atom stereocenters. The molecule has 0 radical (unpaired) electrons. The molecule has 0 saturated carbocycles. The number of benzene rings is 1. The summed E-state index contributed by atoms with van der Waals surface area (Å²) in [7, 11) is 2.24. The standard InChI is InChI=1S/C23H30N4O/c1-25-15-18-11-21(17-25)27(16-18)20-12-23(14-24-13-20)28-22-7-9-26(10-8-22)19-5-3-2-4-6-19/h2-6,12-14,18,21-22H,7-11,15-17H2,1H3. The topological polar surface area (TPSA) is 31.8 Å². The summed E-state index contributed by atoms with van der Waals surface area (Å²) < 4.78 is 6.35. The molecule has 3 saturated heterocycles. The number of anilines is 2. The Labute approximate surface area is 167 Å². The molecule has 0 N–H and O–H groups in total. The predicted octanol–water partition coefficient (Wildman–Crippen LogP) is 3.27. The van der Waals surface area contributed by atoms with E-state index < -0.39 is 0 Å². The third-order valence-corrected chi connectivity index (χ3v) is 6.49. The van der Waals surface area contributed by atoms with E-state index in [1.165, 1.54) is 24.3 Å². The van der Waals surface area contributed by atoms with Crippen LogP contribution in [0.5, 0.6) is 5.75 Å². The van der Waals surface area contributed by atoms with Crippen molar-refractivity contribution in [2.75, 3.05) is 49.6 Å². The van der Waals surface area contributed by atoms with Gasteiger partial charge >= 0.3 is 0 Å². The minimum Gasteiger partial charge on any atom is -0.489 e. The Morgan fingerprint density at radius 2 is 1.79 bits per heavy atom. The van der Waals surface area contributed by atoms with Crippen LogP contribution in [-0.2, 0) is 0 Å². The summed E-state index contributed by atoms with van der Waals surface area (Å²) in [6.07, 6.45) is 7.58. The van der Waals surface area contributed by atoms with E-state index in [4.69, 9.17) is 4.74 Å².